The molecular formula is C32H21NS. The van der Waals surface area contributed by atoms with E-state index in [1.54, 1.807) is 0 Å². The maximum absolute atomic E-state index is 2.40. The molecule has 0 bridgehead atoms. The number of aromatic nitrogens is 1. The Hall–Kier alpha value is -4.14. The standard InChI is InChI=1S/C32H21NS/c1-4-12-22(13-5-1)29-26-20-21-28-30(32(26)34-31(29)23-14-6-2-7-15-23)25-18-10-11-19-27(25)33(28)24-16-8-3-9-17-24/h1-21H. The predicted molar refractivity (Wildman–Crippen MR) is 147 cm³/mol. The minimum atomic E-state index is 1.19. The molecule has 160 valence electrons. The Bertz CT molecular complexity index is 1780. The quantitative estimate of drug-likeness (QED) is 0.252. The summed E-state index contributed by atoms with van der Waals surface area (Å²) in [4.78, 5) is 1.32. The van der Waals surface area contributed by atoms with E-state index in [1.165, 1.54) is 59.1 Å². The highest BCUT2D eigenvalue weighted by Gasteiger charge is 2.21. The van der Waals surface area contributed by atoms with Crippen LogP contribution in [-0.4, -0.2) is 4.57 Å². The molecule has 34 heavy (non-hydrogen) atoms. The van der Waals surface area contributed by atoms with Crippen LogP contribution in [0.15, 0.2) is 127 Å². The van der Waals surface area contributed by atoms with Crippen LogP contribution >= 0.6 is 11.3 Å². The monoisotopic (exact) mass is 451 g/mol. The van der Waals surface area contributed by atoms with E-state index in [-0.39, 0.29) is 0 Å². The number of thiophene rings is 1. The van der Waals surface area contributed by atoms with Gasteiger partial charge in [-0.05, 0) is 35.4 Å². The third-order valence-corrected chi connectivity index (χ3v) is 7.88. The molecule has 0 unspecified atom stereocenters. The van der Waals surface area contributed by atoms with Crippen molar-refractivity contribution in [2.24, 2.45) is 0 Å². The van der Waals surface area contributed by atoms with Crippen molar-refractivity contribution < 1.29 is 0 Å². The summed E-state index contributed by atoms with van der Waals surface area (Å²) >= 11 is 1.91. The summed E-state index contributed by atoms with van der Waals surface area (Å²) < 4.78 is 3.75. The first-order valence-corrected chi connectivity index (χ1v) is 12.4. The van der Waals surface area contributed by atoms with Crippen molar-refractivity contribution >= 4 is 43.2 Å². The Morgan fingerprint density at radius 1 is 0.471 bits per heavy atom. The Labute approximate surface area is 202 Å². The molecule has 0 aliphatic heterocycles. The van der Waals surface area contributed by atoms with E-state index >= 15 is 0 Å². The smallest absolute Gasteiger partial charge is 0.0555 e. The van der Waals surface area contributed by atoms with Gasteiger partial charge in [0.1, 0.15) is 0 Å². The van der Waals surface area contributed by atoms with Gasteiger partial charge in [-0.1, -0.05) is 103 Å². The fourth-order valence-corrected chi connectivity index (χ4v) is 6.53. The zero-order chi connectivity index (χ0) is 22.5. The summed E-state index contributed by atoms with van der Waals surface area (Å²) in [6.45, 7) is 0. The van der Waals surface area contributed by atoms with Gasteiger partial charge in [0.25, 0.3) is 0 Å². The van der Waals surface area contributed by atoms with Crippen LogP contribution in [-0.2, 0) is 0 Å². The summed E-state index contributed by atoms with van der Waals surface area (Å²) in [5.74, 6) is 0. The molecule has 0 spiro atoms. The van der Waals surface area contributed by atoms with Gasteiger partial charge in [0, 0.05) is 37.0 Å². The fraction of sp³-hybridized carbons (Fsp3) is 0. The molecule has 5 aromatic carbocycles. The molecule has 0 N–H and O–H groups in total. The largest absolute Gasteiger partial charge is 0.309 e. The molecule has 0 amide bonds. The van der Waals surface area contributed by atoms with Crippen molar-refractivity contribution in [1.82, 2.24) is 4.57 Å². The molecule has 7 rings (SSSR count). The van der Waals surface area contributed by atoms with E-state index in [0.717, 1.165) is 0 Å². The second-order valence-corrected chi connectivity index (χ2v) is 9.58. The third kappa shape index (κ3) is 2.86. The zero-order valence-electron chi connectivity index (χ0n) is 18.5. The number of benzene rings is 5. The lowest BCUT2D eigenvalue weighted by Gasteiger charge is -2.08. The van der Waals surface area contributed by atoms with Crippen molar-refractivity contribution in [1.29, 1.82) is 0 Å². The Balaban J connectivity index is 1.66. The van der Waals surface area contributed by atoms with Gasteiger partial charge in [0.2, 0.25) is 0 Å². The summed E-state index contributed by atoms with van der Waals surface area (Å²) in [5, 5.41) is 3.95. The highest BCUT2D eigenvalue weighted by atomic mass is 32.1. The molecule has 0 fully saturated rings. The van der Waals surface area contributed by atoms with Crippen LogP contribution in [0.25, 0.3) is 59.1 Å². The van der Waals surface area contributed by atoms with Crippen LogP contribution in [0, 0.1) is 0 Å². The number of fused-ring (bicyclic) bond motifs is 5. The van der Waals surface area contributed by atoms with Crippen LogP contribution in [0.4, 0.5) is 0 Å². The summed E-state index contributed by atoms with van der Waals surface area (Å²) in [5.41, 5.74) is 7.54. The molecule has 2 aromatic heterocycles. The molecule has 0 radical (unpaired) electrons. The second-order valence-electron chi connectivity index (χ2n) is 8.56. The van der Waals surface area contributed by atoms with Gasteiger partial charge < -0.3 is 4.57 Å². The average Bonchev–Trinajstić information content (AvgIpc) is 3.46. The van der Waals surface area contributed by atoms with Gasteiger partial charge in [-0.3, -0.25) is 0 Å². The number of para-hydroxylation sites is 2. The lowest BCUT2D eigenvalue weighted by molar-refractivity contribution is 1.18. The maximum Gasteiger partial charge on any atom is 0.0555 e. The zero-order valence-corrected chi connectivity index (χ0v) is 19.3. The maximum atomic E-state index is 2.40. The van der Waals surface area contributed by atoms with E-state index in [0.29, 0.717) is 0 Å². The predicted octanol–water partition coefficient (Wildman–Crippen LogP) is 9.33. The van der Waals surface area contributed by atoms with Gasteiger partial charge in [-0.25, -0.2) is 0 Å². The first-order valence-electron chi connectivity index (χ1n) is 11.5. The van der Waals surface area contributed by atoms with Crippen molar-refractivity contribution in [3.8, 4) is 27.3 Å². The van der Waals surface area contributed by atoms with Crippen LogP contribution in [0.2, 0.25) is 0 Å². The van der Waals surface area contributed by atoms with Gasteiger partial charge in [0.15, 0.2) is 0 Å². The number of hydrogen-bond acceptors (Lipinski definition) is 1. The molecule has 0 saturated carbocycles. The lowest BCUT2D eigenvalue weighted by atomic mass is 9.98. The van der Waals surface area contributed by atoms with Crippen molar-refractivity contribution in [3.05, 3.63) is 127 Å². The number of nitrogens with zero attached hydrogens (tertiary/aromatic N) is 1. The van der Waals surface area contributed by atoms with E-state index < -0.39 is 0 Å². The van der Waals surface area contributed by atoms with Gasteiger partial charge >= 0.3 is 0 Å². The highest BCUT2D eigenvalue weighted by molar-refractivity contribution is 7.24. The van der Waals surface area contributed by atoms with E-state index in [1.807, 2.05) is 11.3 Å². The summed E-state index contributed by atoms with van der Waals surface area (Å²) in [6, 6.07) is 45.7. The molecule has 0 saturated heterocycles. The first-order chi connectivity index (χ1) is 16.9. The average molecular weight is 452 g/mol. The Morgan fingerprint density at radius 2 is 1.09 bits per heavy atom. The van der Waals surface area contributed by atoms with E-state index in [9.17, 15) is 0 Å². The summed E-state index contributed by atoms with van der Waals surface area (Å²) in [6.07, 6.45) is 0. The molecular weight excluding hydrogens is 430 g/mol. The molecule has 0 aliphatic rings. The highest BCUT2D eigenvalue weighted by Crippen LogP contribution is 2.49. The molecule has 1 nitrogen and oxygen atoms in total. The Kier molecular flexibility index (Phi) is 4.39. The van der Waals surface area contributed by atoms with E-state index in [2.05, 4.69) is 132 Å². The Morgan fingerprint density at radius 3 is 1.82 bits per heavy atom. The minimum absolute atomic E-state index is 1.19. The normalized spacial score (nSPS) is 11.5. The second kappa shape index (κ2) is 7.72. The lowest BCUT2D eigenvalue weighted by Crippen LogP contribution is -1.92. The third-order valence-electron chi connectivity index (χ3n) is 6.60. The topological polar surface area (TPSA) is 4.93 Å². The van der Waals surface area contributed by atoms with Crippen LogP contribution in [0.1, 0.15) is 0 Å². The SMILES string of the molecule is c1ccc(-c2sc3c(ccc4c3c3ccccc3n4-c3ccccc3)c2-c2ccccc2)cc1. The number of rotatable bonds is 3. The molecule has 2 heterocycles. The molecule has 2 heteroatoms. The van der Waals surface area contributed by atoms with Gasteiger partial charge in [0.05, 0.1) is 11.0 Å². The molecule has 7 aromatic rings. The fourth-order valence-electron chi connectivity index (χ4n) is 5.15. The minimum Gasteiger partial charge on any atom is -0.309 e. The van der Waals surface area contributed by atoms with Crippen LogP contribution in [0.3, 0.4) is 0 Å². The van der Waals surface area contributed by atoms with Crippen LogP contribution in [0.5, 0.6) is 0 Å². The van der Waals surface area contributed by atoms with Crippen molar-refractivity contribution in [2.45, 2.75) is 0 Å². The molecule has 0 atom stereocenters. The van der Waals surface area contributed by atoms with Crippen LogP contribution < -0.4 is 0 Å². The van der Waals surface area contributed by atoms with Gasteiger partial charge in [-0.15, -0.1) is 11.3 Å². The van der Waals surface area contributed by atoms with Gasteiger partial charge in [-0.2, -0.15) is 0 Å². The number of hydrogen-bond donors (Lipinski definition) is 0. The van der Waals surface area contributed by atoms with E-state index in [4.69, 9.17) is 0 Å². The van der Waals surface area contributed by atoms with Crippen molar-refractivity contribution in [3.63, 3.8) is 0 Å². The summed E-state index contributed by atoms with van der Waals surface area (Å²) in [7, 11) is 0. The first kappa shape index (κ1) is 19.3. The van der Waals surface area contributed by atoms with Crippen molar-refractivity contribution in [2.75, 3.05) is 0 Å². The molecule has 0 aliphatic carbocycles.